The van der Waals surface area contributed by atoms with Crippen LogP contribution in [0.2, 0.25) is 0 Å². The Labute approximate surface area is 147 Å². The second kappa shape index (κ2) is 10.7. The lowest BCUT2D eigenvalue weighted by atomic mass is 9.83. The highest BCUT2D eigenvalue weighted by atomic mass is 16.5. The predicted molar refractivity (Wildman–Crippen MR) is 95.3 cm³/mol. The second-order valence-electron chi connectivity index (χ2n) is 7.60. The van der Waals surface area contributed by atoms with Crippen LogP contribution < -0.4 is 5.32 Å². The molecule has 0 aromatic heterocycles. The van der Waals surface area contributed by atoms with E-state index in [-0.39, 0.29) is 23.9 Å². The summed E-state index contributed by atoms with van der Waals surface area (Å²) in [6.45, 7) is 3.36. The molecule has 0 unspecified atom stereocenters. The van der Waals surface area contributed by atoms with Crippen molar-refractivity contribution in [2.75, 3.05) is 6.54 Å². The Morgan fingerprint density at radius 1 is 1.04 bits per heavy atom. The number of ether oxygens (including phenoxy) is 1. The van der Waals surface area contributed by atoms with Crippen molar-refractivity contribution < 1.29 is 9.53 Å². The highest BCUT2D eigenvalue weighted by molar-refractivity contribution is 5.72. The molecule has 2 aliphatic carbocycles. The minimum Gasteiger partial charge on any atom is -0.462 e. The van der Waals surface area contributed by atoms with E-state index < -0.39 is 0 Å². The topological polar surface area (TPSA) is 62.1 Å². The first-order valence-corrected chi connectivity index (χ1v) is 10.1. The van der Waals surface area contributed by atoms with Crippen molar-refractivity contribution in [3.05, 3.63) is 0 Å². The van der Waals surface area contributed by atoms with Gasteiger partial charge in [0.25, 0.3) is 0 Å². The van der Waals surface area contributed by atoms with E-state index in [2.05, 4.69) is 18.3 Å². The molecule has 0 aromatic carbocycles. The van der Waals surface area contributed by atoms with E-state index in [1.54, 1.807) is 0 Å². The molecule has 4 nitrogen and oxygen atoms in total. The number of nitriles is 1. The summed E-state index contributed by atoms with van der Waals surface area (Å²) in [5, 5.41) is 12.6. The number of nitrogens with one attached hydrogen (secondary N) is 1. The van der Waals surface area contributed by atoms with Crippen LogP contribution in [-0.2, 0) is 9.53 Å². The Kier molecular flexibility index (Phi) is 8.59. The highest BCUT2D eigenvalue weighted by Crippen LogP contribution is 2.30. The van der Waals surface area contributed by atoms with Gasteiger partial charge in [-0.1, -0.05) is 26.2 Å². The Bertz CT molecular complexity index is 402. The normalized spacial score (nSPS) is 30.5. The first kappa shape index (κ1) is 19.2. The predicted octanol–water partition coefficient (Wildman–Crippen LogP) is 4.34. The maximum atomic E-state index is 12.3. The van der Waals surface area contributed by atoms with Gasteiger partial charge in [0, 0.05) is 12.0 Å². The van der Waals surface area contributed by atoms with Crippen LogP contribution in [0.5, 0.6) is 0 Å². The summed E-state index contributed by atoms with van der Waals surface area (Å²) in [6.07, 6.45) is 12.9. The zero-order valence-electron chi connectivity index (χ0n) is 15.3. The molecule has 0 saturated heterocycles. The number of unbranched alkanes of at least 4 members (excludes halogenated alkanes) is 3. The molecule has 0 heterocycles. The van der Waals surface area contributed by atoms with E-state index in [1.807, 2.05) is 0 Å². The molecule has 0 bridgehead atoms. The van der Waals surface area contributed by atoms with Crippen LogP contribution in [0.25, 0.3) is 0 Å². The van der Waals surface area contributed by atoms with Gasteiger partial charge in [0.05, 0.1) is 12.0 Å². The fourth-order valence-corrected chi connectivity index (χ4v) is 3.96. The van der Waals surface area contributed by atoms with Gasteiger partial charge in [-0.15, -0.1) is 0 Å². The first-order valence-electron chi connectivity index (χ1n) is 10.1. The third kappa shape index (κ3) is 6.43. The van der Waals surface area contributed by atoms with Gasteiger partial charge in [0.15, 0.2) is 0 Å². The zero-order valence-corrected chi connectivity index (χ0v) is 15.3. The van der Waals surface area contributed by atoms with Crippen molar-refractivity contribution in [2.24, 2.45) is 11.8 Å². The average Bonchev–Trinajstić information content (AvgIpc) is 2.63. The van der Waals surface area contributed by atoms with Gasteiger partial charge >= 0.3 is 5.97 Å². The van der Waals surface area contributed by atoms with E-state index in [4.69, 9.17) is 10.00 Å². The summed E-state index contributed by atoms with van der Waals surface area (Å²) < 4.78 is 5.76. The Hall–Kier alpha value is -1.08. The van der Waals surface area contributed by atoms with Crippen LogP contribution in [0.4, 0.5) is 0 Å². The zero-order chi connectivity index (χ0) is 17.2. The summed E-state index contributed by atoms with van der Waals surface area (Å²) >= 11 is 0. The van der Waals surface area contributed by atoms with E-state index in [0.717, 1.165) is 57.9 Å². The monoisotopic (exact) mass is 334 g/mol. The van der Waals surface area contributed by atoms with Crippen molar-refractivity contribution in [2.45, 2.75) is 96.1 Å². The van der Waals surface area contributed by atoms with Crippen LogP contribution in [0.15, 0.2) is 0 Å². The molecule has 0 amide bonds. The first-order chi connectivity index (χ1) is 11.7. The van der Waals surface area contributed by atoms with Gasteiger partial charge in [-0.25, -0.2) is 0 Å². The summed E-state index contributed by atoms with van der Waals surface area (Å²) in [4.78, 5) is 12.3. The Balaban J connectivity index is 1.57. The number of nitrogens with zero attached hydrogens (tertiary/aromatic N) is 1. The number of hydrogen-bond donors (Lipinski definition) is 1. The molecular weight excluding hydrogens is 300 g/mol. The summed E-state index contributed by atoms with van der Waals surface area (Å²) in [7, 11) is 0. The standard InChI is InChI=1S/C20H34N2O2/c1-2-3-4-5-14-22-18-10-12-19(13-11-18)24-20(23)17-8-6-16(15-21)7-9-17/h16-19,22H,2-14H2,1H3. The smallest absolute Gasteiger partial charge is 0.309 e. The van der Waals surface area contributed by atoms with Crippen molar-refractivity contribution in [3.63, 3.8) is 0 Å². The maximum absolute atomic E-state index is 12.3. The largest absolute Gasteiger partial charge is 0.462 e. The molecule has 1 N–H and O–H groups in total. The van der Waals surface area contributed by atoms with E-state index in [0.29, 0.717) is 6.04 Å². The fourth-order valence-electron chi connectivity index (χ4n) is 3.96. The van der Waals surface area contributed by atoms with E-state index in [1.165, 1.54) is 25.7 Å². The third-order valence-electron chi connectivity index (χ3n) is 5.66. The molecular formula is C20H34N2O2. The lowest BCUT2D eigenvalue weighted by Gasteiger charge is -2.31. The molecule has 2 saturated carbocycles. The molecule has 2 fully saturated rings. The second-order valence-corrected chi connectivity index (χ2v) is 7.60. The number of carbonyl (C=O) groups excluding carboxylic acids is 1. The van der Waals surface area contributed by atoms with Gasteiger partial charge in [0.2, 0.25) is 0 Å². The molecule has 0 radical (unpaired) electrons. The molecule has 0 spiro atoms. The van der Waals surface area contributed by atoms with Crippen LogP contribution >= 0.6 is 0 Å². The van der Waals surface area contributed by atoms with Crippen molar-refractivity contribution in [1.29, 1.82) is 5.26 Å². The number of esters is 1. The molecule has 136 valence electrons. The summed E-state index contributed by atoms with van der Waals surface area (Å²) in [5.74, 6) is 0.166. The quantitative estimate of drug-likeness (QED) is 0.530. The molecule has 0 aliphatic heterocycles. The van der Waals surface area contributed by atoms with Gasteiger partial charge in [-0.3, -0.25) is 4.79 Å². The summed E-state index contributed by atoms with van der Waals surface area (Å²) in [5.41, 5.74) is 0. The molecule has 2 aliphatic rings. The lowest BCUT2D eigenvalue weighted by molar-refractivity contribution is -0.157. The van der Waals surface area contributed by atoms with Crippen LogP contribution in [0.1, 0.15) is 84.0 Å². The fraction of sp³-hybridized carbons (Fsp3) is 0.900. The summed E-state index contributed by atoms with van der Waals surface area (Å²) in [6, 6.07) is 2.92. The van der Waals surface area contributed by atoms with Crippen LogP contribution in [0, 0.1) is 23.2 Å². The van der Waals surface area contributed by atoms with Crippen molar-refractivity contribution in [3.8, 4) is 6.07 Å². The van der Waals surface area contributed by atoms with Gasteiger partial charge in [0.1, 0.15) is 6.10 Å². The SMILES string of the molecule is CCCCCCNC1CCC(OC(=O)C2CCC(C#N)CC2)CC1. The Morgan fingerprint density at radius 2 is 1.75 bits per heavy atom. The van der Waals surface area contributed by atoms with Crippen molar-refractivity contribution >= 4 is 5.97 Å². The molecule has 24 heavy (non-hydrogen) atoms. The number of carbonyl (C=O) groups is 1. The number of hydrogen-bond acceptors (Lipinski definition) is 4. The van der Waals surface area contributed by atoms with Gasteiger partial charge < -0.3 is 10.1 Å². The average molecular weight is 335 g/mol. The molecule has 2 rings (SSSR count). The third-order valence-corrected chi connectivity index (χ3v) is 5.66. The number of rotatable bonds is 8. The van der Waals surface area contributed by atoms with Gasteiger partial charge in [-0.05, 0) is 64.3 Å². The minimum atomic E-state index is -0.0117. The lowest BCUT2D eigenvalue weighted by Crippen LogP contribution is -2.37. The van der Waals surface area contributed by atoms with E-state index in [9.17, 15) is 4.79 Å². The maximum Gasteiger partial charge on any atom is 0.309 e. The van der Waals surface area contributed by atoms with Crippen LogP contribution in [-0.4, -0.2) is 24.7 Å². The van der Waals surface area contributed by atoms with Crippen molar-refractivity contribution in [1.82, 2.24) is 5.32 Å². The van der Waals surface area contributed by atoms with E-state index >= 15 is 0 Å². The molecule has 0 atom stereocenters. The molecule has 4 heteroatoms. The highest BCUT2D eigenvalue weighted by Gasteiger charge is 2.30. The van der Waals surface area contributed by atoms with Crippen LogP contribution in [0.3, 0.4) is 0 Å². The minimum absolute atomic E-state index is 0.0117. The molecule has 0 aromatic rings. The van der Waals surface area contributed by atoms with Gasteiger partial charge in [-0.2, -0.15) is 5.26 Å². The Morgan fingerprint density at radius 3 is 2.38 bits per heavy atom.